The van der Waals surface area contributed by atoms with E-state index in [2.05, 4.69) is 30.4 Å². The van der Waals surface area contributed by atoms with Gasteiger partial charge in [-0.25, -0.2) is 0 Å². The lowest BCUT2D eigenvalue weighted by Crippen LogP contribution is -2.07. The van der Waals surface area contributed by atoms with Gasteiger partial charge in [-0.2, -0.15) is 0 Å². The molecule has 0 heterocycles. The minimum Gasteiger partial charge on any atom is -0.496 e. The predicted molar refractivity (Wildman–Crippen MR) is 102 cm³/mol. The summed E-state index contributed by atoms with van der Waals surface area (Å²) in [6.07, 6.45) is 0. The largest absolute Gasteiger partial charge is 0.496 e. The Labute approximate surface area is 148 Å². The van der Waals surface area contributed by atoms with Gasteiger partial charge < -0.3 is 19.5 Å². The number of ether oxygens (including phenoxy) is 3. The highest BCUT2D eigenvalue weighted by Crippen LogP contribution is 2.35. The van der Waals surface area contributed by atoms with E-state index in [4.69, 9.17) is 14.2 Å². The van der Waals surface area contributed by atoms with Gasteiger partial charge in [0.15, 0.2) is 11.5 Å². The average Bonchev–Trinajstić information content (AvgIpc) is 2.67. The van der Waals surface area contributed by atoms with Crippen LogP contribution in [0.3, 0.4) is 0 Å². The molecule has 1 N–H and O–H groups in total. The fraction of sp³-hybridized carbons (Fsp3) is 0.238. The first-order valence-electron chi connectivity index (χ1n) is 8.22. The van der Waals surface area contributed by atoms with Crippen LogP contribution in [0.25, 0.3) is 10.8 Å². The Morgan fingerprint density at radius 2 is 1.36 bits per heavy atom. The van der Waals surface area contributed by atoms with Crippen LogP contribution in [0, 0.1) is 0 Å². The van der Waals surface area contributed by atoms with E-state index < -0.39 is 0 Å². The third-order valence-corrected chi connectivity index (χ3v) is 4.38. The maximum atomic E-state index is 5.47. The zero-order valence-electron chi connectivity index (χ0n) is 15.0. The molecule has 4 nitrogen and oxygen atoms in total. The molecule has 0 radical (unpaired) electrons. The Kier molecular flexibility index (Phi) is 4.98. The van der Waals surface area contributed by atoms with Gasteiger partial charge >= 0.3 is 0 Å². The first-order chi connectivity index (χ1) is 12.2. The molecule has 0 aliphatic rings. The lowest BCUT2D eigenvalue weighted by molar-refractivity contribution is 0.354. The molecule has 0 bridgehead atoms. The molecule has 3 rings (SSSR count). The van der Waals surface area contributed by atoms with Crippen LogP contribution >= 0.6 is 0 Å². The number of methoxy groups -OCH3 is 3. The quantitative estimate of drug-likeness (QED) is 0.684. The van der Waals surface area contributed by atoms with E-state index in [-0.39, 0.29) is 6.04 Å². The van der Waals surface area contributed by atoms with Crippen LogP contribution in [-0.4, -0.2) is 21.3 Å². The van der Waals surface area contributed by atoms with Crippen LogP contribution in [0.1, 0.15) is 18.5 Å². The highest BCUT2D eigenvalue weighted by molar-refractivity contribution is 5.98. The Balaban J connectivity index is 1.94. The fourth-order valence-corrected chi connectivity index (χ4v) is 3.01. The summed E-state index contributed by atoms with van der Waals surface area (Å²) < 4.78 is 16.2. The van der Waals surface area contributed by atoms with E-state index in [1.807, 2.05) is 36.4 Å². The number of hydrogen-bond donors (Lipinski definition) is 1. The topological polar surface area (TPSA) is 39.7 Å². The third kappa shape index (κ3) is 3.33. The maximum Gasteiger partial charge on any atom is 0.161 e. The summed E-state index contributed by atoms with van der Waals surface area (Å²) in [5.41, 5.74) is 2.19. The summed E-state index contributed by atoms with van der Waals surface area (Å²) in [4.78, 5) is 0. The Bertz CT molecular complexity index is 876. The lowest BCUT2D eigenvalue weighted by Gasteiger charge is -2.19. The first-order valence-corrected chi connectivity index (χ1v) is 8.22. The number of fused-ring (bicyclic) bond motifs is 1. The van der Waals surface area contributed by atoms with Gasteiger partial charge in [0.05, 0.1) is 21.3 Å². The van der Waals surface area contributed by atoms with Crippen molar-refractivity contribution in [2.24, 2.45) is 0 Å². The van der Waals surface area contributed by atoms with Crippen molar-refractivity contribution in [2.75, 3.05) is 26.6 Å². The number of rotatable bonds is 6. The molecular formula is C21H23NO3. The molecule has 130 valence electrons. The van der Waals surface area contributed by atoms with Crippen LogP contribution in [0.5, 0.6) is 17.2 Å². The van der Waals surface area contributed by atoms with E-state index in [1.54, 1.807) is 21.3 Å². The van der Waals surface area contributed by atoms with Crippen molar-refractivity contribution in [1.82, 2.24) is 0 Å². The maximum absolute atomic E-state index is 5.47. The van der Waals surface area contributed by atoms with Gasteiger partial charge in [0, 0.05) is 22.5 Å². The van der Waals surface area contributed by atoms with Crippen molar-refractivity contribution >= 4 is 16.5 Å². The second-order valence-electron chi connectivity index (χ2n) is 5.84. The van der Waals surface area contributed by atoms with E-state index in [0.29, 0.717) is 0 Å². The second-order valence-corrected chi connectivity index (χ2v) is 5.84. The molecule has 0 spiro atoms. The van der Waals surface area contributed by atoms with Crippen molar-refractivity contribution < 1.29 is 14.2 Å². The van der Waals surface area contributed by atoms with Crippen molar-refractivity contribution in [3.63, 3.8) is 0 Å². The summed E-state index contributed by atoms with van der Waals surface area (Å²) >= 11 is 0. The standard InChI is InChI=1S/C21H23NO3/c1-14(15-9-11-20(24-3)21(13-15)25-4)22-18-10-12-19(23-2)17-8-6-5-7-16(17)18/h5-14,22H,1-4H3/t14-/m1/s1. The first kappa shape index (κ1) is 17.0. The summed E-state index contributed by atoms with van der Waals surface area (Å²) in [7, 11) is 4.99. The summed E-state index contributed by atoms with van der Waals surface area (Å²) in [6, 6.07) is 18.4. The van der Waals surface area contributed by atoms with Crippen LogP contribution < -0.4 is 19.5 Å². The number of benzene rings is 3. The number of anilines is 1. The highest BCUT2D eigenvalue weighted by atomic mass is 16.5. The monoisotopic (exact) mass is 337 g/mol. The predicted octanol–water partition coefficient (Wildman–Crippen LogP) is 5.04. The van der Waals surface area contributed by atoms with Gasteiger partial charge in [0.1, 0.15) is 5.75 Å². The molecule has 0 unspecified atom stereocenters. The molecule has 0 saturated heterocycles. The third-order valence-electron chi connectivity index (χ3n) is 4.38. The SMILES string of the molecule is COc1ccc([C@@H](C)Nc2ccc(OC)c3ccccc23)cc1OC. The van der Waals surface area contributed by atoms with E-state index in [1.165, 1.54) is 0 Å². The van der Waals surface area contributed by atoms with Gasteiger partial charge in [-0.1, -0.05) is 30.3 Å². The fourth-order valence-electron chi connectivity index (χ4n) is 3.01. The number of nitrogens with one attached hydrogen (secondary N) is 1. The molecule has 0 saturated carbocycles. The molecule has 25 heavy (non-hydrogen) atoms. The lowest BCUT2D eigenvalue weighted by atomic mass is 10.0. The molecule has 0 aliphatic carbocycles. The zero-order valence-corrected chi connectivity index (χ0v) is 15.0. The Morgan fingerprint density at radius 3 is 2.04 bits per heavy atom. The van der Waals surface area contributed by atoms with Crippen molar-refractivity contribution in [1.29, 1.82) is 0 Å². The van der Waals surface area contributed by atoms with Crippen molar-refractivity contribution in [3.05, 3.63) is 60.2 Å². The van der Waals surface area contributed by atoms with E-state index in [0.717, 1.165) is 39.3 Å². The molecule has 3 aromatic carbocycles. The molecule has 3 aromatic rings. The molecule has 4 heteroatoms. The highest BCUT2D eigenvalue weighted by Gasteiger charge is 2.12. The summed E-state index contributed by atoms with van der Waals surface area (Å²) in [5, 5.41) is 5.81. The Hall–Kier alpha value is -2.88. The van der Waals surface area contributed by atoms with E-state index in [9.17, 15) is 0 Å². The van der Waals surface area contributed by atoms with Gasteiger partial charge in [0.25, 0.3) is 0 Å². The van der Waals surface area contributed by atoms with Gasteiger partial charge in [-0.15, -0.1) is 0 Å². The molecular weight excluding hydrogens is 314 g/mol. The second kappa shape index (κ2) is 7.34. The van der Waals surface area contributed by atoms with Gasteiger partial charge in [0.2, 0.25) is 0 Å². The van der Waals surface area contributed by atoms with Crippen LogP contribution in [-0.2, 0) is 0 Å². The summed E-state index contributed by atoms with van der Waals surface area (Å²) in [6.45, 7) is 2.13. The minimum absolute atomic E-state index is 0.108. The van der Waals surface area contributed by atoms with Gasteiger partial charge in [-0.05, 0) is 36.8 Å². The number of hydrogen-bond acceptors (Lipinski definition) is 4. The molecule has 0 aliphatic heterocycles. The smallest absolute Gasteiger partial charge is 0.161 e. The average molecular weight is 337 g/mol. The normalized spacial score (nSPS) is 11.8. The molecule has 1 atom stereocenters. The van der Waals surface area contributed by atoms with E-state index >= 15 is 0 Å². The van der Waals surface area contributed by atoms with Crippen molar-refractivity contribution in [2.45, 2.75) is 13.0 Å². The van der Waals surface area contributed by atoms with Crippen molar-refractivity contribution in [3.8, 4) is 17.2 Å². The molecule has 0 aromatic heterocycles. The van der Waals surface area contributed by atoms with Gasteiger partial charge in [-0.3, -0.25) is 0 Å². The van der Waals surface area contributed by atoms with Crippen LogP contribution in [0.15, 0.2) is 54.6 Å². The van der Waals surface area contributed by atoms with Crippen LogP contribution in [0.4, 0.5) is 5.69 Å². The van der Waals surface area contributed by atoms with Crippen LogP contribution in [0.2, 0.25) is 0 Å². The molecule has 0 fully saturated rings. The summed E-state index contributed by atoms with van der Waals surface area (Å²) in [5.74, 6) is 2.33. The molecule has 0 amide bonds. The minimum atomic E-state index is 0.108. The Morgan fingerprint density at radius 1 is 0.720 bits per heavy atom. The zero-order chi connectivity index (χ0) is 17.8.